The molecule has 2 aromatic carbocycles. The predicted molar refractivity (Wildman–Crippen MR) is 138 cm³/mol. The van der Waals surface area contributed by atoms with Gasteiger partial charge in [0.25, 0.3) is 5.91 Å². The van der Waals surface area contributed by atoms with Gasteiger partial charge in [-0.25, -0.2) is 4.98 Å². The van der Waals surface area contributed by atoms with Crippen molar-refractivity contribution in [2.75, 3.05) is 58.0 Å². The highest BCUT2D eigenvalue weighted by molar-refractivity contribution is 5.95. The van der Waals surface area contributed by atoms with Crippen molar-refractivity contribution in [3.05, 3.63) is 54.4 Å². The zero-order valence-corrected chi connectivity index (χ0v) is 21.4. The number of rotatable bonds is 10. The van der Waals surface area contributed by atoms with E-state index in [1.165, 1.54) is 0 Å². The number of aromatic nitrogens is 2. The van der Waals surface area contributed by atoms with E-state index >= 15 is 0 Å². The van der Waals surface area contributed by atoms with Crippen LogP contribution >= 0.6 is 0 Å². The van der Waals surface area contributed by atoms with Crippen LogP contribution in [0.5, 0.6) is 23.0 Å². The molecule has 192 valence electrons. The Morgan fingerprint density at radius 1 is 0.917 bits per heavy atom. The van der Waals surface area contributed by atoms with Gasteiger partial charge in [-0.1, -0.05) is 6.07 Å². The molecule has 36 heavy (non-hydrogen) atoms. The number of hydrogen-bond acceptors (Lipinski definition) is 7. The van der Waals surface area contributed by atoms with Crippen LogP contribution in [0.4, 0.5) is 5.95 Å². The lowest BCUT2D eigenvalue weighted by atomic mass is 10.1. The smallest absolute Gasteiger partial charge is 0.254 e. The second-order valence-corrected chi connectivity index (χ2v) is 8.18. The molecular formula is C27H34N4O5. The van der Waals surface area contributed by atoms with Crippen LogP contribution in [0.15, 0.2) is 48.8 Å². The van der Waals surface area contributed by atoms with Gasteiger partial charge < -0.3 is 28.7 Å². The number of methoxy groups -OCH3 is 1. The molecule has 1 aliphatic rings. The number of hydrogen-bond donors (Lipinski definition) is 0. The molecule has 9 heteroatoms. The third kappa shape index (κ3) is 5.35. The molecule has 0 saturated carbocycles. The van der Waals surface area contributed by atoms with E-state index in [9.17, 15) is 4.79 Å². The molecule has 4 rings (SSSR count). The van der Waals surface area contributed by atoms with Gasteiger partial charge in [0.2, 0.25) is 11.7 Å². The fraction of sp³-hybridized carbons (Fsp3) is 0.407. The van der Waals surface area contributed by atoms with Gasteiger partial charge in [-0.15, -0.1) is 0 Å². The van der Waals surface area contributed by atoms with Gasteiger partial charge in [-0.05, 0) is 45.0 Å². The van der Waals surface area contributed by atoms with Crippen molar-refractivity contribution in [1.82, 2.24) is 14.5 Å². The van der Waals surface area contributed by atoms with Crippen molar-refractivity contribution in [2.45, 2.75) is 20.8 Å². The average Bonchev–Trinajstić information content (AvgIpc) is 3.40. The third-order valence-corrected chi connectivity index (χ3v) is 5.96. The number of carbonyl (C=O) groups is 1. The highest BCUT2D eigenvalue weighted by Crippen LogP contribution is 2.39. The Labute approximate surface area is 212 Å². The molecular weight excluding hydrogens is 460 g/mol. The molecule has 0 unspecified atom stereocenters. The van der Waals surface area contributed by atoms with Crippen LogP contribution in [0, 0.1) is 0 Å². The van der Waals surface area contributed by atoms with E-state index in [4.69, 9.17) is 18.9 Å². The minimum Gasteiger partial charge on any atom is -0.497 e. The Balaban J connectivity index is 1.50. The van der Waals surface area contributed by atoms with Gasteiger partial charge in [0.15, 0.2) is 11.5 Å². The summed E-state index contributed by atoms with van der Waals surface area (Å²) in [7, 11) is 1.66. The summed E-state index contributed by atoms with van der Waals surface area (Å²) in [5.41, 5.74) is 1.50. The number of imidazole rings is 1. The highest BCUT2D eigenvalue weighted by Gasteiger charge is 2.27. The number of anilines is 1. The number of ether oxygens (including phenoxy) is 4. The SMILES string of the molecule is CCOc1cc(C(=O)N2CCN(c3nccn3-c3cccc(OC)c3)CC2)cc(OCC)c1OCC. The first-order valence-electron chi connectivity index (χ1n) is 12.4. The fourth-order valence-electron chi connectivity index (χ4n) is 4.30. The normalized spacial score (nSPS) is 13.4. The van der Waals surface area contributed by atoms with Gasteiger partial charge in [-0.2, -0.15) is 0 Å². The molecule has 0 spiro atoms. The first-order valence-corrected chi connectivity index (χ1v) is 12.4. The molecule has 1 aromatic heterocycles. The molecule has 1 amide bonds. The summed E-state index contributed by atoms with van der Waals surface area (Å²) in [6.45, 7) is 9.59. The summed E-state index contributed by atoms with van der Waals surface area (Å²) in [6.07, 6.45) is 3.73. The Kier molecular flexibility index (Phi) is 8.20. The average molecular weight is 495 g/mol. The highest BCUT2D eigenvalue weighted by atomic mass is 16.5. The second-order valence-electron chi connectivity index (χ2n) is 8.18. The van der Waals surface area contributed by atoms with Gasteiger partial charge in [-0.3, -0.25) is 9.36 Å². The Hall–Kier alpha value is -3.88. The molecule has 9 nitrogen and oxygen atoms in total. The van der Waals surface area contributed by atoms with Crippen LogP contribution in [-0.2, 0) is 0 Å². The van der Waals surface area contributed by atoms with Gasteiger partial charge >= 0.3 is 0 Å². The lowest BCUT2D eigenvalue weighted by molar-refractivity contribution is 0.0745. The Bertz CT molecular complexity index is 1140. The first-order chi connectivity index (χ1) is 17.6. The van der Waals surface area contributed by atoms with E-state index in [1.54, 1.807) is 25.4 Å². The summed E-state index contributed by atoms with van der Waals surface area (Å²) < 4.78 is 24.8. The van der Waals surface area contributed by atoms with E-state index in [0.29, 0.717) is 68.8 Å². The van der Waals surface area contributed by atoms with Crippen LogP contribution in [0.2, 0.25) is 0 Å². The van der Waals surface area contributed by atoms with Crippen molar-refractivity contribution in [2.24, 2.45) is 0 Å². The molecule has 0 aliphatic carbocycles. The van der Waals surface area contributed by atoms with Gasteiger partial charge in [0.1, 0.15) is 5.75 Å². The molecule has 0 radical (unpaired) electrons. The molecule has 3 aromatic rings. The maximum Gasteiger partial charge on any atom is 0.254 e. The quantitative estimate of drug-likeness (QED) is 0.421. The lowest BCUT2D eigenvalue weighted by Gasteiger charge is -2.35. The van der Waals surface area contributed by atoms with Crippen LogP contribution in [0.25, 0.3) is 5.69 Å². The van der Waals surface area contributed by atoms with E-state index in [-0.39, 0.29) is 5.91 Å². The minimum absolute atomic E-state index is 0.0595. The molecule has 1 saturated heterocycles. The van der Waals surface area contributed by atoms with Crippen LogP contribution in [0.1, 0.15) is 31.1 Å². The summed E-state index contributed by atoms with van der Waals surface area (Å²) >= 11 is 0. The maximum atomic E-state index is 13.5. The molecule has 0 N–H and O–H groups in total. The summed E-state index contributed by atoms with van der Waals surface area (Å²) in [5, 5.41) is 0. The van der Waals surface area contributed by atoms with Crippen molar-refractivity contribution in [3.8, 4) is 28.7 Å². The first kappa shape index (κ1) is 25.2. The van der Waals surface area contributed by atoms with Crippen LogP contribution < -0.4 is 23.8 Å². The van der Waals surface area contributed by atoms with Crippen molar-refractivity contribution >= 4 is 11.9 Å². The monoisotopic (exact) mass is 494 g/mol. The third-order valence-electron chi connectivity index (χ3n) is 5.96. The summed E-state index contributed by atoms with van der Waals surface area (Å²) in [5.74, 6) is 3.15. The predicted octanol–water partition coefficient (Wildman–Crippen LogP) is 4.04. The second kappa shape index (κ2) is 11.7. The molecule has 1 aliphatic heterocycles. The number of carbonyl (C=O) groups excluding carboxylic acids is 1. The summed E-state index contributed by atoms with van der Waals surface area (Å²) in [6, 6.07) is 11.4. The number of amides is 1. The zero-order valence-electron chi connectivity index (χ0n) is 21.4. The Morgan fingerprint density at radius 3 is 2.19 bits per heavy atom. The standard InChI is InChI=1S/C27H34N4O5/c1-5-34-23-17-20(18-24(35-6-2)25(23)36-7-3)26(32)29-13-15-30(16-14-29)27-28-11-12-31(27)21-9-8-10-22(19-21)33-4/h8-12,17-19H,5-7,13-16H2,1-4H3. The number of benzene rings is 2. The van der Waals surface area contributed by atoms with E-state index in [2.05, 4.69) is 9.88 Å². The zero-order chi connectivity index (χ0) is 25.5. The molecule has 0 atom stereocenters. The lowest BCUT2D eigenvalue weighted by Crippen LogP contribution is -2.49. The molecule has 0 bridgehead atoms. The minimum atomic E-state index is -0.0595. The van der Waals surface area contributed by atoms with E-state index in [0.717, 1.165) is 17.4 Å². The number of piperazine rings is 1. The summed E-state index contributed by atoms with van der Waals surface area (Å²) in [4.78, 5) is 22.1. The maximum absolute atomic E-state index is 13.5. The topological polar surface area (TPSA) is 78.3 Å². The van der Waals surface area contributed by atoms with Crippen LogP contribution in [0.3, 0.4) is 0 Å². The van der Waals surface area contributed by atoms with Crippen molar-refractivity contribution in [1.29, 1.82) is 0 Å². The van der Waals surface area contributed by atoms with Gasteiger partial charge in [0, 0.05) is 50.2 Å². The Morgan fingerprint density at radius 2 is 1.58 bits per heavy atom. The largest absolute Gasteiger partial charge is 0.497 e. The van der Waals surface area contributed by atoms with Gasteiger partial charge in [0.05, 0.1) is 32.6 Å². The number of nitrogens with zero attached hydrogens (tertiary/aromatic N) is 4. The molecule has 2 heterocycles. The van der Waals surface area contributed by atoms with E-state index < -0.39 is 0 Å². The van der Waals surface area contributed by atoms with Crippen molar-refractivity contribution in [3.63, 3.8) is 0 Å². The fourth-order valence-corrected chi connectivity index (χ4v) is 4.30. The molecule has 1 fully saturated rings. The van der Waals surface area contributed by atoms with Crippen molar-refractivity contribution < 1.29 is 23.7 Å². The van der Waals surface area contributed by atoms with E-state index in [1.807, 2.05) is 60.7 Å². The van der Waals surface area contributed by atoms with Crippen LogP contribution in [-0.4, -0.2) is 73.5 Å².